The molecule has 3 N–H and O–H groups in total. The summed E-state index contributed by atoms with van der Waals surface area (Å²) in [5, 5.41) is 2.88. The zero-order valence-corrected chi connectivity index (χ0v) is 10.7. The number of hydrogen-bond donors (Lipinski definition) is 2. The van der Waals surface area contributed by atoms with Crippen LogP contribution in [0.1, 0.15) is 25.3 Å². The molecule has 18 heavy (non-hydrogen) atoms. The van der Waals surface area contributed by atoms with Gasteiger partial charge >= 0.3 is 0 Å². The van der Waals surface area contributed by atoms with Crippen LogP contribution in [0.15, 0.2) is 30.3 Å². The molecule has 1 rings (SSSR count). The molecule has 0 saturated carbocycles. The van der Waals surface area contributed by atoms with Gasteiger partial charge in [0, 0.05) is 12.5 Å². The highest BCUT2D eigenvalue weighted by Gasteiger charge is 2.14. The highest BCUT2D eigenvalue weighted by molar-refractivity contribution is 5.82. The van der Waals surface area contributed by atoms with Gasteiger partial charge in [-0.1, -0.05) is 30.3 Å². The Morgan fingerprint density at radius 3 is 2.72 bits per heavy atom. The van der Waals surface area contributed by atoms with Crippen molar-refractivity contribution in [1.82, 2.24) is 5.32 Å². The van der Waals surface area contributed by atoms with Crippen LogP contribution in [0.5, 0.6) is 0 Å². The molecule has 3 heteroatoms. The van der Waals surface area contributed by atoms with Gasteiger partial charge in [-0.2, -0.15) is 0 Å². The normalized spacial score (nSPS) is 13.4. The van der Waals surface area contributed by atoms with E-state index in [0.717, 1.165) is 12.8 Å². The van der Waals surface area contributed by atoms with Gasteiger partial charge in [-0.05, 0) is 25.3 Å². The number of terminal acetylenes is 1. The van der Waals surface area contributed by atoms with Gasteiger partial charge in [0.05, 0.1) is 6.04 Å². The van der Waals surface area contributed by atoms with E-state index in [1.807, 2.05) is 25.1 Å². The smallest absolute Gasteiger partial charge is 0.238 e. The largest absolute Gasteiger partial charge is 0.352 e. The van der Waals surface area contributed by atoms with Gasteiger partial charge in [0.1, 0.15) is 0 Å². The minimum absolute atomic E-state index is 0.0986. The van der Waals surface area contributed by atoms with Crippen molar-refractivity contribution in [2.75, 3.05) is 0 Å². The monoisotopic (exact) mass is 244 g/mol. The quantitative estimate of drug-likeness (QED) is 0.745. The topological polar surface area (TPSA) is 55.1 Å². The summed E-state index contributed by atoms with van der Waals surface area (Å²) in [5.41, 5.74) is 6.90. The van der Waals surface area contributed by atoms with E-state index in [0.29, 0.717) is 0 Å². The summed E-state index contributed by atoms with van der Waals surface area (Å²) in [5.74, 6) is 2.22. The molecule has 1 aromatic rings. The molecule has 0 aromatic heterocycles. The molecule has 2 atom stereocenters. The van der Waals surface area contributed by atoms with Crippen molar-refractivity contribution in [3.8, 4) is 12.3 Å². The van der Waals surface area contributed by atoms with Crippen LogP contribution in [0.25, 0.3) is 0 Å². The lowest BCUT2D eigenvalue weighted by Crippen LogP contribution is -2.44. The van der Waals surface area contributed by atoms with Gasteiger partial charge < -0.3 is 11.1 Å². The Hall–Kier alpha value is -1.79. The van der Waals surface area contributed by atoms with Crippen molar-refractivity contribution in [2.24, 2.45) is 5.73 Å². The van der Waals surface area contributed by atoms with E-state index in [2.05, 4.69) is 23.4 Å². The van der Waals surface area contributed by atoms with Crippen LogP contribution >= 0.6 is 0 Å². The summed E-state index contributed by atoms with van der Waals surface area (Å²) in [4.78, 5) is 11.6. The van der Waals surface area contributed by atoms with Crippen LogP contribution < -0.4 is 11.1 Å². The zero-order chi connectivity index (χ0) is 13.4. The third-order valence-corrected chi connectivity index (χ3v) is 2.77. The number of carbonyl (C=O) groups excluding carboxylic acids is 1. The molecule has 0 heterocycles. The molecular formula is C15H20N2O. The lowest BCUT2D eigenvalue weighted by atomic mass is 10.1. The van der Waals surface area contributed by atoms with Crippen molar-refractivity contribution >= 4 is 5.91 Å². The Balaban J connectivity index is 2.32. The maximum atomic E-state index is 11.6. The first-order valence-corrected chi connectivity index (χ1v) is 6.17. The molecule has 96 valence electrons. The van der Waals surface area contributed by atoms with Crippen LogP contribution in [0.2, 0.25) is 0 Å². The lowest BCUT2D eigenvalue weighted by molar-refractivity contribution is -0.122. The highest BCUT2D eigenvalue weighted by Crippen LogP contribution is 2.04. The second-order valence-electron chi connectivity index (χ2n) is 4.45. The first-order chi connectivity index (χ1) is 8.63. The van der Waals surface area contributed by atoms with Crippen molar-refractivity contribution in [3.05, 3.63) is 35.9 Å². The van der Waals surface area contributed by atoms with E-state index in [1.165, 1.54) is 5.56 Å². The van der Waals surface area contributed by atoms with E-state index < -0.39 is 6.04 Å². The maximum absolute atomic E-state index is 11.6. The maximum Gasteiger partial charge on any atom is 0.238 e. The lowest BCUT2D eigenvalue weighted by Gasteiger charge is -2.16. The van der Waals surface area contributed by atoms with Gasteiger partial charge in [0.25, 0.3) is 0 Å². The Kier molecular flexibility index (Phi) is 5.96. The number of amides is 1. The SMILES string of the molecule is C#CCC(N)C(=O)NC(C)CCc1ccccc1. The standard InChI is InChI=1S/C15H20N2O/c1-3-7-14(16)15(18)17-12(2)10-11-13-8-5-4-6-9-13/h1,4-6,8-9,12,14H,7,10-11,16H2,2H3,(H,17,18). The van der Waals surface area contributed by atoms with Gasteiger partial charge in [-0.3, -0.25) is 4.79 Å². The third-order valence-electron chi connectivity index (χ3n) is 2.77. The molecule has 0 radical (unpaired) electrons. The number of carbonyl (C=O) groups is 1. The fourth-order valence-electron chi connectivity index (χ4n) is 1.67. The molecule has 3 nitrogen and oxygen atoms in total. The molecule has 0 spiro atoms. The molecule has 0 fully saturated rings. The molecule has 0 aliphatic rings. The molecule has 1 amide bonds. The summed E-state index contributed by atoms with van der Waals surface area (Å²) in [6.45, 7) is 1.98. The molecule has 0 bridgehead atoms. The molecule has 0 aliphatic heterocycles. The fraction of sp³-hybridized carbons (Fsp3) is 0.400. The Labute approximate surface area is 109 Å². The van der Waals surface area contributed by atoms with Gasteiger partial charge in [0.15, 0.2) is 0 Å². The summed E-state index contributed by atoms with van der Waals surface area (Å²) < 4.78 is 0. The van der Waals surface area contributed by atoms with E-state index >= 15 is 0 Å². The second kappa shape index (κ2) is 7.52. The molecular weight excluding hydrogens is 224 g/mol. The number of hydrogen-bond acceptors (Lipinski definition) is 2. The van der Waals surface area contributed by atoms with E-state index in [1.54, 1.807) is 0 Å². The molecule has 1 aromatic carbocycles. The average molecular weight is 244 g/mol. The van der Waals surface area contributed by atoms with E-state index in [-0.39, 0.29) is 18.4 Å². The first-order valence-electron chi connectivity index (χ1n) is 6.17. The number of rotatable bonds is 6. The summed E-state index contributed by atoms with van der Waals surface area (Å²) in [6.07, 6.45) is 7.22. The fourth-order valence-corrected chi connectivity index (χ4v) is 1.67. The average Bonchev–Trinajstić information content (AvgIpc) is 2.38. The first kappa shape index (κ1) is 14.3. The van der Waals surface area contributed by atoms with Crippen LogP contribution in [-0.2, 0) is 11.2 Å². The molecule has 2 unspecified atom stereocenters. The van der Waals surface area contributed by atoms with Crippen LogP contribution in [0.4, 0.5) is 0 Å². The van der Waals surface area contributed by atoms with Crippen LogP contribution in [0.3, 0.4) is 0 Å². The number of nitrogens with one attached hydrogen (secondary N) is 1. The predicted octanol–water partition coefficient (Wildman–Crippen LogP) is 1.47. The molecule has 0 saturated heterocycles. The highest BCUT2D eigenvalue weighted by atomic mass is 16.2. The van der Waals surface area contributed by atoms with Crippen molar-refractivity contribution in [2.45, 2.75) is 38.3 Å². The zero-order valence-electron chi connectivity index (χ0n) is 10.7. The number of benzene rings is 1. The van der Waals surface area contributed by atoms with Crippen molar-refractivity contribution < 1.29 is 4.79 Å². The minimum atomic E-state index is -0.603. The minimum Gasteiger partial charge on any atom is -0.352 e. The van der Waals surface area contributed by atoms with Crippen molar-refractivity contribution in [1.29, 1.82) is 0 Å². The van der Waals surface area contributed by atoms with Gasteiger partial charge in [0.2, 0.25) is 5.91 Å². The third kappa shape index (κ3) is 5.03. The molecule has 0 aliphatic carbocycles. The predicted molar refractivity (Wildman–Crippen MR) is 73.8 cm³/mol. The summed E-state index contributed by atoms with van der Waals surface area (Å²) >= 11 is 0. The van der Waals surface area contributed by atoms with Crippen LogP contribution in [0, 0.1) is 12.3 Å². The number of aryl methyl sites for hydroxylation is 1. The Morgan fingerprint density at radius 1 is 1.44 bits per heavy atom. The van der Waals surface area contributed by atoms with E-state index in [4.69, 9.17) is 12.2 Å². The van der Waals surface area contributed by atoms with Gasteiger partial charge in [-0.25, -0.2) is 0 Å². The second-order valence-corrected chi connectivity index (χ2v) is 4.45. The Morgan fingerprint density at radius 2 is 2.11 bits per heavy atom. The van der Waals surface area contributed by atoms with Crippen molar-refractivity contribution in [3.63, 3.8) is 0 Å². The Bertz CT molecular complexity index is 408. The summed E-state index contributed by atoms with van der Waals surface area (Å²) in [6, 6.07) is 9.68. The van der Waals surface area contributed by atoms with Crippen LogP contribution in [-0.4, -0.2) is 18.0 Å². The van der Waals surface area contributed by atoms with E-state index in [9.17, 15) is 4.79 Å². The number of nitrogens with two attached hydrogens (primary N) is 1. The summed E-state index contributed by atoms with van der Waals surface area (Å²) in [7, 11) is 0. The van der Waals surface area contributed by atoms with Gasteiger partial charge in [-0.15, -0.1) is 12.3 Å².